The van der Waals surface area contributed by atoms with Crippen molar-refractivity contribution in [3.05, 3.63) is 18.2 Å². The molecule has 1 aromatic heterocycles. The van der Waals surface area contributed by atoms with Crippen LogP contribution in [0.15, 0.2) is 12.4 Å². The second kappa shape index (κ2) is 5.66. The molecule has 4 nitrogen and oxygen atoms in total. The maximum atomic E-state index is 9.20. The van der Waals surface area contributed by atoms with Crippen molar-refractivity contribution < 1.29 is 9.84 Å². The Morgan fingerprint density at radius 3 is 2.33 bits per heavy atom. The highest BCUT2D eigenvalue weighted by molar-refractivity contribution is 5.12. The molecule has 15 heavy (non-hydrogen) atoms. The van der Waals surface area contributed by atoms with Gasteiger partial charge in [0, 0.05) is 0 Å². The highest BCUT2D eigenvalue weighted by Gasteiger charge is 2.04. The summed E-state index contributed by atoms with van der Waals surface area (Å²) in [5.41, 5.74) is 0. The second-order valence-electron chi connectivity index (χ2n) is 3.98. The number of hydrogen-bond acceptors (Lipinski definition) is 4. The molecule has 84 valence electrons. The van der Waals surface area contributed by atoms with Crippen molar-refractivity contribution >= 4 is 0 Å². The molecule has 1 unspecified atom stereocenters. The molecule has 0 bridgehead atoms. The molecule has 0 saturated carbocycles. The van der Waals surface area contributed by atoms with E-state index in [2.05, 4.69) is 23.8 Å². The van der Waals surface area contributed by atoms with Crippen LogP contribution in [0.5, 0.6) is 5.75 Å². The lowest BCUT2D eigenvalue weighted by atomic mass is 10.1. The lowest BCUT2D eigenvalue weighted by molar-refractivity contribution is 0.188. The van der Waals surface area contributed by atoms with E-state index in [1.54, 1.807) is 19.3 Å². The van der Waals surface area contributed by atoms with Gasteiger partial charge in [-0.3, -0.25) is 0 Å². The van der Waals surface area contributed by atoms with Gasteiger partial charge in [-0.15, -0.1) is 0 Å². The minimum absolute atomic E-state index is 0.422. The van der Waals surface area contributed by atoms with Crippen molar-refractivity contribution in [3.8, 4) is 5.75 Å². The van der Waals surface area contributed by atoms with Crippen LogP contribution in [0.2, 0.25) is 0 Å². The summed E-state index contributed by atoms with van der Waals surface area (Å²) < 4.78 is 5.44. The third-order valence-electron chi connectivity index (χ3n) is 1.99. The number of aliphatic hydroxyl groups excluding tert-OH is 1. The van der Waals surface area contributed by atoms with Crippen LogP contribution < -0.4 is 4.74 Å². The van der Waals surface area contributed by atoms with Gasteiger partial charge in [0.25, 0.3) is 0 Å². The Kier molecular flexibility index (Phi) is 4.49. The predicted molar refractivity (Wildman–Crippen MR) is 57.6 cm³/mol. The molecule has 0 fully saturated rings. The normalized spacial score (nSPS) is 12.9. The SMILES string of the molecule is CC(C)CCOc1cnc(C(C)O)nc1. The fourth-order valence-corrected chi connectivity index (χ4v) is 1.03. The molecular weight excluding hydrogens is 192 g/mol. The summed E-state index contributed by atoms with van der Waals surface area (Å²) in [5, 5.41) is 9.20. The topological polar surface area (TPSA) is 55.2 Å². The van der Waals surface area contributed by atoms with Gasteiger partial charge in [0.05, 0.1) is 19.0 Å². The molecule has 1 rings (SSSR count). The first-order valence-electron chi connectivity index (χ1n) is 5.22. The standard InChI is InChI=1S/C11H18N2O2/c1-8(2)4-5-15-10-6-12-11(9(3)14)13-7-10/h6-9,14H,4-5H2,1-3H3. The lowest BCUT2D eigenvalue weighted by Gasteiger charge is -2.08. The number of aliphatic hydroxyl groups is 1. The number of hydrogen-bond donors (Lipinski definition) is 1. The molecular formula is C11H18N2O2. The molecule has 0 spiro atoms. The van der Waals surface area contributed by atoms with Gasteiger partial charge in [0.1, 0.15) is 6.10 Å². The van der Waals surface area contributed by atoms with Crippen molar-refractivity contribution in [2.24, 2.45) is 5.92 Å². The van der Waals surface area contributed by atoms with Crippen LogP contribution in [0.1, 0.15) is 39.1 Å². The molecule has 0 saturated heterocycles. The van der Waals surface area contributed by atoms with Gasteiger partial charge >= 0.3 is 0 Å². The molecule has 0 aliphatic carbocycles. The van der Waals surface area contributed by atoms with Crippen molar-refractivity contribution in [2.75, 3.05) is 6.61 Å². The van der Waals surface area contributed by atoms with Gasteiger partial charge in [0.15, 0.2) is 11.6 Å². The molecule has 1 aromatic rings. The summed E-state index contributed by atoms with van der Waals surface area (Å²) in [5.74, 6) is 1.70. The number of rotatable bonds is 5. The first kappa shape index (κ1) is 11.9. The fraction of sp³-hybridized carbons (Fsp3) is 0.636. The van der Waals surface area contributed by atoms with E-state index in [1.807, 2.05) is 0 Å². The molecule has 0 aliphatic heterocycles. The monoisotopic (exact) mass is 210 g/mol. The Bertz CT molecular complexity index is 283. The average Bonchev–Trinajstić information content (AvgIpc) is 2.18. The molecule has 0 aromatic carbocycles. The van der Waals surface area contributed by atoms with Crippen LogP contribution in [0.4, 0.5) is 0 Å². The van der Waals surface area contributed by atoms with Crippen LogP contribution in [0.25, 0.3) is 0 Å². The van der Waals surface area contributed by atoms with Crippen LogP contribution in [-0.2, 0) is 0 Å². The molecule has 4 heteroatoms. The summed E-state index contributed by atoms with van der Waals surface area (Å²) in [7, 11) is 0. The fourth-order valence-electron chi connectivity index (χ4n) is 1.03. The van der Waals surface area contributed by atoms with Gasteiger partial charge < -0.3 is 9.84 Å². The van der Waals surface area contributed by atoms with E-state index >= 15 is 0 Å². The second-order valence-corrected chi connectivity index (χ2v) is 3.98. The Labute approximate surface area is 90.3 Å². The van der Waals surface area contributed by atoms with E-state index in [-0.39, 0.29) is 0 Å². The maximum absolute atomic E-state index is 9.20. The van der Waals surface area contributed by atoms with Crippen LogP contribution in [0, 0.1) is 5.92 Å². The largest absolute Gasteiger partial charge is 0.490 e. The summed E-state index contributed by atoms with van der Waals surface area (Å²) >= 11 is 0. The Morgan fingerprint density at radius 1 is 1.27 bits per heavy atom. The van der Waals surface area contributed by atoms with Crippen molar-refractivity contribution in [3.63, 3.8) is 0 Å². The zero-order valence-corrected chi connectivity index (χ0v) is 9.47. The van der Waals surface area contributed by atoms with Crippen molar-refractivity contribution in [2.45, 2.75) is 33.3 Å². The highest BCUT2D eigenvalue weighted by atomic mass is 16.5. The molecule has 0 aliphatic rings. The molecule has 1 N–H and O–H groups in total. The third kappa shape index (κ3) is 4.25. The highest BCUT2D eigenvalue weighted by Crippen LogP contribution is 2.11. The van der Waals surface area contributed by atoms with Gasteiger partial charge in [-0.05, 0) is 19.3 Å². The quantitative estimate of drug-likeness (QED) is 0.807. The minimum atomic E-state index is -0.630. The van der Waals surface area contributed by atoms with Gasteiger partial charge in [-0.2, -0.15) is 0 Å². The Hall–Kier alpha value is -1.16. The third-order valence-corrected chi connectivity index (χ3v) is 1.99. The van der Waals surface area contributed by atoms with Crippen LogP contribution in [0.3, 0.4) is 0 Å². The number of aromatic nitrogens is 2. The minimum Gasteiger partial charge on any atom is -0.490 e. The average molecular weight is 210 g/mol. The molecule has 0 amide bonds. The van der Waals surface area contributed by atoms with E-state index in [9.17, 15) is 5.11 Å². The van der Waals surface area contributed by atoms with Gasteiger partial charge in [0.2, 0.25) is 0 Å². The molecule has 0 radical (unpaired) electrons. The van der Waals surface area contributed by atoms with E-state index in [1.165, 1.54) is 0 Å². The summed E-state index contributed by atoms with van der Waals surface area (Å²) in [6.07, 6.45) is 3.57. The zero-order chi connectivity index (χ0) is 11.3. The van der Waals surface area contributed by atoms with Crippen LogP contribution in [-0.4, -0.2) is 21.7 Å². The lowest BCUT2D eigenvalue weighted by Crippen LogP contribution is -2.04. The van der Waals surface area contributed by atoms with E-state index in [4.69, 9.17) is 4.74 Å². The summed E-state index contributed by atoms with van der Waals surface area (Å²) in [4.78, 5) is 7.98. The summed E-state index contributed by atoms with van der Waals surface area (Å²) in [6.45, 7) is 6.61. The van der Waals surface area contributed by atoms with E-state index in [0.717, 1.165) is 6.42 Å². The number of nitrogens with zero attached hydrogens (tertiary/aromatic N) is 2. The molecule has 1 atom stereocenters. The van der Waals surface area contributed by atoms with Crippen molar-refractivity contribution in [1.29, 1.82) is 0 Å². The number of ether oxygens (including phenoxy) is 1. The van der Waals surface area contributed by atoms with Crippen LogP contribution >= 0.6 is 0 Å². The Balaban J connectivity index is 2.43. The van der Waals surface area contributed by atoms with E-state index < -0.39 is 6.10 Å². The molecule has 1 heterocycles. The summed E-state index contributed by atoms with van der Waals surface area (Å²) in [6, 6.07) is 0. The van der Waals surface area contributed by atoms with E-state index in [0.29, 0.717) is 24.1 Å². The maximum Gasteiger partial charge on any atom is 0.156 e. The predicted octanol–water partition coefficient (Wildman–Crippen LogP) is 1.95. The first-order valence-corrected chi connectivity index (χ1v) is 5.22. The zero-order valence-electron chi connectivity index (χ0n) is 9.47. The Morgan fingerprint density at radius 2 is 1.87 bits per heavy atom. The smallest absolute Gasteiger partial charge is 0.156 e. The van der Waals surface area contributed by atoms with Gasteiger partial charge in [-0.1, -0.05) is 13.8 Å². The van der Waals surface area contributed by atoms with Crippen molar-refractivity contribution in [1.82, 2.24) is 9.97 Å². The first-order chi connectivity index (χ1) is 7.09. The van der Waals surface area contributed by atoms with Gasteiger partial charge in [-0.25, -0.2) is 9.97 Å².